The summed E-state index contributed by atoms with van der Waals surface area (Å²) in [5, 5.41) is 10.7. The van der Waals surface area contributed by atoms with Crippen LogP contribution in [0.4, 0.5) is 5.69 Å². The molecule has 0 heterocycles. The van der Waals surface area contributed by atoms with Crippen molar-refractivity contribution in [2.75, 3.05) is 0 Å². The summed E-state index contributed by atoms with van der Waals surface area (Å²) in [5.74, 6) is -0.0719. The van der Waals surface area contributed by atoms with E-state index in [-0.39, 0.29) is 11.9 Å². The monoisotopic (exact) mass is 260 g/mol. The highest BCUT2D eigenvalue weighted by Gasteiger charge is 2.18. The Morgan fingerprint density at radius 1 is 1.35 bits per heavy atom. The van der Waals surface area contributed by atoms with Gasteiger partial charge < -0.3 is 9.29 Å². The quantitative estimate of drug-likeness (QED) is 0.458. The minimum Gasteiger partial charge on any atom is -0.744 e. The van der Waals surface area contributed by atoms with Crippen LogP contribution in [0, 0.1) is 10.1 Å². The molecular formula is C9H10NO6S-. The first-order chi connectivity index (χ1) is 7.71. The second-order valence-electron chi connectivity index (χ2n) is 3.51. The van der Waals surface area contributed by atoms with E-state index in [0.29, 0.717) is 6.07 Å². The van der Waals surface area contributed by atoms with Crippen LogP contribution in [0.25, 0.3) is 0 Å². The highest BCUT2D eigenvalue weighted by atomic mass is 32.2. The first-order valence-electron chi connectivity index (χ1n) is 4.63. The van der Waals surface area contributed by atoms with Crippen molar-refractivity contribution >= 4 is 15.8 Å². The first kappa shape index (κ1) is 13.4. The predicted octanol–water partition coefficient (Wildman–Crippen LogP) is 1.29. The van der Waals surface area contributed by atoms with Crippen LogP contribution >= 0.6 is 0 Å². The molecule has 0 fully saturated rings. The Labute approximate surface area is 97.9 Å². The standard InChI is InChI=1S/C9H11NO6S/c1-6(2)16-9-4-3-7(17(13,14)15)5-8(9)10(11)12/h3-6H,1-2H3,(H,13,14,15)/p-1. The molecule has 1 aromatic carbocycles. The number of nitro groups is 1. The Morgan fingerprint density at radius 3 is 2.35 bits per heavy atom. The van der Waals surface area contributed by atoms with Crippen molar-refractivity contribution in [1.82, 2.24) is 0 Å². The van der Waals surface area contributed by atoms with Gasteiger partial charge in [0.1, 0.15) is 10.1 Å². The molecule has 7 nitrogen and oxygen atoms in total. The SMILES string of the molecule is CC(C)Oc1ccc(S(=O)(=O)[O-])cc1[N+](=O)[O-]. The Bertz CT molecular complexity index is 536. The van der Waals surface area contributed by atoms with Crippen molar-refractivity contribution in [3.05, 3.63) is 28.3 Å². The second-order valence-corrected chi connectivity index (χ2v) is 4.89. The van der Waals surface area contributed by atoms with Crippen LogP contribution in [0.2, 0.25) is 0 Å². The Balaban J connectivity index is 3.32. The molecule has 0 atom stereocenters. The largest absolute Gasteiger partial charge is 0.744 e. The van der Waals surface area contributed by atoms with Crippen LogP contribution in [-0.2, 0) is 10.1 Å². The normalized spacial score (nSPS) is 11.5. The molecule has 17 heavy (non-hydrogen) atoms. The number of ether oxygens (including phenoxy) is 1. The number of nitro benzene ring substituents is 1. The van der Waals surface area contributed by atoms with Gasteiger partial charge in [-0.2, -0.15) is 0 Å². The molecule has 0 aliphatic rings. The molecule has 0 bridgehead atoms. The average molecular weight is 260 g/mol. The van der Waals surface area contributed by atoms with Gasteiger partial charge in [0.05, 0.1) is 15.9 Å². The van der Waals surface area contributed by atoms with Crippen LogP contribution in [0.3, 0.4) is 0 Å². The van der Waals surface area contributed by atoms with Crippen molar-refractivity contribution in [3.8, 4) is 5.75 Å². The summed E-state index contributed by atoms with van der Waals surface area (Å²) in [4.78, 5) is 9.26. The fourth-order valence-corrected chi connectivity index (χ4v) is 1.64. The number of hydrogen-bond acceptors (Lipinski definition) is 6. The lowest BCUT2D eigenvalue weighted by atomic mass is 10.3. The van der Waals surface area contributed by atoms with E-state index in [9.17, 15) is 23.1 Å². The Morgan fingerprint density at radius 2 is 1.94 bits per heavy atom. The molecule has 0 saturated heterocycles. The van der Waals surface area contributed by atoms with Gasteiger partial charge in [-0.3, -0.25) is 10.1 Å². The lowest BCUT2D eigenvalue weighted by molar-refractivity contribution is -0.386. The van der Waals surface area contributed by atoms with Gasteiger partial charge in [0, 0.05) is 6.07 Å². The van der Waals surface area contributed by atoms with Crippen LogP contribution in [0.5, 0.6) is 5.75 Å². The molecule has 1 rings (SSSR count). The van der Waals surface area contributed by atoms with Gasteiger partial charge >= 0.3 is 5.69 Å². The van der Waals surface area contributed by atoms with Crippen LogP contribution < -0.4 is 4.74 Å². The zero-order valence-corrected chi connectivity index (χ0v) is 9.93. The molecular weight excluding hydrogens is 250 g/mol. The first-order valence-corrected chi connectivity index (χ1v) is 6.03. The van der Waals surface area contributed by atoms with E-state index in [1.165, 1.54) is 0 Å². The molecule has 94 valence electrons. The van der Waals surface area contributed by atoms with E-state index < -0.39 is 25.6 Å². The van der Waals surface area contributed by atoms with E-state index >= 15 is 0 Å². The third-order valence-electron chi connectivity index (χ3n) is 1.78. The predicted molar refractivity (Wildman–Crippen MR) is 56.8 cm³/mol. The molecule has 0 aromatic heterocycles. The van der Waals surface area contributed by atoms with E-state index in [2.05, 4.69) is 0 Å². The van der Waals surface area contributed by atoms with E-state index in [4.69, 9.17) is 4.74 Å². The number of rotatable bonds is 4. The fourth-order valence-electron chi connectivity index (χ4n) is 1.15. The maximum atomic E-state index is 10.7. The molecule has 8 heteroatoms. The molecule has 0 aliphatic carbocycles. The highest BCUT2D eigenvalue weighted by Crippen LogP contribution is 2.30. The van der Waals surface area contributed by atoms with Gasteiger partial charge in [-0.05, 0) is 26.0 Å². The molecule has 0 aliphatic heterocycles. The van der Waals surface area contributed by atoms with Gasteiger partial charge in [0.2, 0.25) is 0 Å². The molecule has 0 spiro atoms. The molecule has 0 saturated carbocycles. The molecule has 0 N–H and O–H groups in total. The lowest BCUT2D eigenvalue weighted by Gasteiger charge is -2.12. The topological polar surface area (TPSA) is 110 Å². The zero-order chi connectivity index (χ0) is 13.2. The van der Waals surface area contributed by atoms with Gasteiger partial charge in [-0.25, -0.2) is 8.42 Å². The summed E-state index contributed by atoms with van der Waals surface area (Å²) >= 11 is 0. The van der Waals surface area contributed by atoms with Crippen molar-refractivity contribution < 1.29 is 22.6 Å². The minimum atomic E-state index is -4.71. The Kier molecular flexibility index (Phi) is 3.69. The summed E-state index contributed by atoms with van der Waals surface area (Å²) in [5.41, 5.74) is -0.546. The summed E-state index contributed by atoms with van der Waals surface area (Å²) in [6, 6.07) is 2.77. The van der Waals surface area contributed by atoms with Gasteiger partial charge in [-0.1, -0.05) is 0 Å². The maximum Gasteiger partial charge on any atom is 0.312 e. The summed E-state index contributed by atoms with van der Waals surface area (Å²) in [7, 11) is -4.71. The number of hydrogen-bond donors (Lipinski definition) is 0. The smallest absolute Gasteiger partial charge is 0.312 e. The summed E-state index contributed by atoms with van der Waals surface area (Å²) in [6.07, 6.45) is -0.302. The minimum absolute atomic E-state index is 0.0719. The number of nitrogens with zero attached hydrogens (tertiary/aromatic N) is 1. The fraction of sp³-hybridized carbons (Fsp3) is 0.333. The molecule has 1 aromatic rings. The molecule has 0 amide bonds. The number of benzene rings is 1. The van der Waals surface area contributed by atoms with E-state index in [1.807, 2.05) is 0 Å². The summed E-state index contributed by atoms with van der Waals surface area (Å²) < 4.78 is 37.3. The third kappa shape index (κ3) is 3.40. The van der Waals surface area contributed by atoms with E-state index in [0.717, 1.165) is 12.1 Å². The van der Waals surface area contributed by atoms with Crippen molar-refractivity contribution in [2.45, 2.75) is 24.8 Å². The van der Waals surface area contributed by atoms with Crippen molar-refractivity contribution in [1.29, 1.82) is 0 Å². The van der Waals surface area contributed by atoms with Gasteiger partial charge in [-0.15, -0.1) is 0 Å². The van der Waals surface area contributed by atoms with Crippen LogP contribution in [-0.4, -0.2) is 24.0 Å². The van der Waals surface area contributed by atoms with Gasteiger partial charge in [0.25, 0.3) is 0 Å². The van der Waals surface area contributed by atoms with Gasteiger partial charge in [0.15, 0.2) is 5.75 Å². The van der Waals surface area contributed by atoms with Crippen LogP contribution in [0.15, 0.2) is 23.1 Å². The van der Waals surface area contributed by atoms with E-state index in [1.54, 1.807) is 13.8 Å². The third-order valence-corrected chi connectivity index (χ3v) is 2.61. The second kappa shape index (κ2) is 4.68. The van der Waals surface area contributed by atoms with Crippen molar-refractivity contribution in [3.63, 3.8) is 0 Å². The van der Waals surface area contributed by atoms with Crippen molar-refractivity contribution in [2.24, 2.45) is 0 Å². The maximum absolute atomic E-state index is 10.7. The molecule has 0 radical (unpaired) electrons. The summed E-state index contributed by atoms with van der Waals surface area (Å²) in [6.45, 7) is 3.34. The molecule has 0 unspecified atom stereocenters. The Hall–Kier alpha value is -1.67. The average Bonchev–Trinajstić information content (AvgIpc) is 2.15. The highest BCUT2D eigenvalue weighted by molar-refractivity contribution is 7.85. The lowest BCUT2D eigenvalue weighted by Crippen LogP contribution is -2.08. The zero-order valence-electron chi connectivity index (χ0n) is 9.11. The van der Waals surface area contributed by atoms with Crippen LogP contribution in [0.1, 0.15) is 13.8 Å².